The van der Waals surface area contributed by atoms with Crippen LogP contribution < -0.4 is 15.5 Å². The zero-order valence-electron chi connectivity index (χ0n) is 9.82. The molecule has 0 spiro atoms. The van der Waals surface area contributed by atoms with Crippen molar-refractivity contribution in [1.82, 2.24) is 15.3 Å². The zero-order chi connectivity index (χ0) is 11.5. The molecule has 0 radical (unpaired) electrons. The normalized spacial score (nSPS) is 19.1. The van der Waals surface area contributed by atoms with Gasteiger partial charge in [-0.1, -0.05) is 5.57 Å². The minimum atomic E-state index is 0.695. The van der Waals surface area contributed by atoms with Crippen LogP contribution in [0.4, 0.5) is 11.8 Å². The van der Waals surface area contributed by atoms with E-state index in [9.17, 15) is 0 Å². The lowest BCUT2D eigenvalue weighted by Gasteiger charge is -2.28. The maximum atomic E-state index is 4.53. The van der Waals surface area contributed by atoms with Crippen LogP contribution in [0.3, 0.4) is 0 Å². The maximum Gasteiger partial charge on any atom is 0.228 e. The van der Waals surface area contributed by atoms with Crippen molar-refractivity contribution in [2.45, 2.75) is 12.8 Å². The van der Waals surface area contributed by atoms with E-state index >= 15 is 0 Å². The van der Waals surface area contributed by atoms with E-state index in [0.29, 0.717) is 5.95 Å². The van der Waals surface area contributed by atoms with Gasteiger partial charge in [-0.15, -0.1) is 0 Å². The van der Waals surface area contributed by atoms with Gasteiger partial charge in [0.25, 0.3) is 0 Å². The Morgan fingerprint density at radius 3 is 2.88 bits per heavy atom. The fourth-order valence-corrected chi connectivity index (χ4v) is 1.87. The molecule has 5 nitrogen and oxygen atoms in total. The van der Waals surface area contributed by atoms with Crippen molar-refractivity contribution in [3.05, 3.63) is 24.0 Å². The van der Waals surface area contributed by atoms with Gasteiger partial charge in [0.1, 0.15) is 5.82 Å². The largest absolute Gasteiger partial charge is 0.354 e. The predicted octanol–water partition coefficient (Wildman–Crippen LogP) is 0.976. The first-order valence-corrected chi connectivity index (χ1v) is 6.15. The van der Waals surface area contributed by atoms with E-state index in [1.807, 2.05) is 18.5 Å². The third kappa shape index (κ3) is 2.74. The quantitative estimate of drug-likeness (QED) is 0.812. The summed E-state index contributed by atoms with van der Waals surface area (Å²) in [5.74, 6) is 1.71. The highest BCUT2D eigenvalue weighted by Crippen LogP contribution is 2.27. The van der Waals surface area contributed by atoms with E-state index in [1.54, 1.807) is 0 Å². The summed E-state index contributed by atoms with van der Waals surface area (Å²) in [5, 5.41) is 6.50. The predicted molar refractivity (Wildman–Crippen MR) is 68.1 cm³/mol. The van der Waals surface area contributed by atoms with Gasteiger partial charge in [0.05, 0.1) is 0 Å². The van der Waals surface area contributed by atoms with E-state index in [-0.39, 0.29) is 0 Å². The third-order valence-corrected chi connectivity index (χ3v) is 3.03. The topological polar surface area (TPSA) is 53.1 Å². The third-order valence-electron chi connectivity index (χ3n) is 3.03. The van der Waals surface area contributed by atoms with E-state index in [0.717, 1.165) is 32.0 Å². The molecule has 5 heteroatoms. The summed E-state index contributed by atoms with van der Waals surface area (Å²) >= 11 is 0. The van der Waals surface area contributed by atoms with Crippen LogP contribution in [0, 0.1) is 0 Å². The summed E-state index contributed by atoms with van der Waals surface area (Å²) in [6.45, 7) is 4.07. The number of rotatable bonds is 3. The maximum absolute atomic E-state index is 4.53. The Balaban J connectivity index is 1.70. The summed E-state index contributed by atoms with van der Waals surface area (Å²) in [6, 6.07) is 1.97. The Kier molecular flexibility index (Phi) is 2.92. The van der Waals surface area contributed by atoms with Crippen LogP contribution in [0.2, 0.25) is 0 Å². The first-order valence-electron chi connectivity index (χ1n) is 6.15. The summed E-state index contributed by atoms with van der Waals surface area (Å²) in [7, 11) is 0. The molecule has 0 bridgehead atoms. The highest BCUT2D eigenvalue weighted by molar-refractivity contribution is 5.44. The molecule has 0 aromatic carbocycles. The number of anilines is 2. The minimum Gasteiger partial charge on any atom is -0.354 e. The average Bonchev–Trinajstić information content (AvgIpc) is 3.22. The molecule has 0 unspecified atom stereocenters. The molecule has 1 aliphatic carbocycles. The monoisotopic (exact) mass is 231 g/mol. The van der Waals surface area contributed by atoms with Gasteiger partial charge >= 0.3 is 0 Å². The van der Waals surface area contributed by atoms with Gasteiger partial charge in [-0.05, 0) is 18.9 Å². The van der Waals surface area contributed by atoms with Crippen LogP contribution in [0.25, 0.3) is 0 Å². The molecule has 2 N–H and O–H groups in total. The van der Waals surface area contributed by atoms with Crippen LogP contribution in [-0.4, -0.2) is 36.1 Å². The van der Waals surface area contributed by atoms with Gasteiger partial charge in [0.15, 0.2) is 0 Å². The number of hydrogen-bond donors (Lipinski definition) is 2. The van der Waals surface area contributed by atoms with Gasteiger partial charge in [0, 0.05) is 38.6 Å². The number of piperazine rings is 1. The Labute approximate surface area is 101 Å². The Morgan fingerprint density at radius 2 is 2.12 bits per heavy atom. The van der Waals surface area contributed by atoms with Crippen molar-refractivity contribution >= 4 is 11.8 Å². The van der Waals surface area contributed by atoms with Crippen molar-refractivity contribution in [1.29, 1.82) is 0 Å². The molecule has 17 heavy (non-hydrogen) atoms. The molecule has 90 valence electrons. The molecular weight excluding hydrogens is 214 g/mol. The molecule has 2 aliphatic rings. The SMILES string of the molecule is C(Nc1nccc(N2CCNCC2)n1)=C1CC1. The van der Waals surface area contributed by atoms with Gasteiger partial charge in [-0.2, -0.15) is 4.98 Å². The Hall–Kier alpha value is -1.62. The molecule has 2 heterocycles. The van der Waals surface area contributed by atoms with E-state index in [1.165, 1.54) is 18.4 Å². The molecule has 0 atom stereocenters. The second-order valence-corrected chi connectivity index (χ2v) is 4.42. The van der Waals surface area contributed by atoms with Crippen molar-refractivity contribution in [2.24, 2.45) is 0 Å². The highest BCUT2D eigenvalue weighted by atomic mass is 15.3. The summed E-state index contributed by atoms with van der Waals surface area (Å²) in [4.78, 5) is 11.0. The first-order chi connectivity index (χ1) is 8.42. The molecule has 1 aromatic heterocycles. The number of aromatic nitrogens is 2. The molecular formula is C12H17N5. The second kappa shape index (κ2) is 4.71. The van der Waals surface area contributed by atoms with Gasteiger partial charge in [0.2, 0.25) is 5.95 Å². The second-order valence-electron chi connectivity index (χ2n) is 4.42. The lowest BCUT2D eigenvalue weighted by atomic mass is 10.3. The summed E-state index contributed by atoms with van der Waals surface area (Å²) in [6.07, 6.45) is 6.27. The fourth-order valence-electron chi connectivity index (χ4n) is 1.87. The Morgan fingerprint density at radius 1 is 1.29 bits per heavy atom. The zero-order valence-corrected chi connectivity index (χ0v) is 9.82. The van der Waals surface area contributed by atoms with Crippen LogP contribution in [0.1, 0.15) is 12.8 Å². The van der Waals surface area contributed by atoms with E-state index in [2.05, 4.69) is 25.5 Å². The van der Waals surface area contributed by atoms with Crippen LogP contribution in [-0.2, 0) is 0 Å². The van der Waals surface area contributed by atoms with Gasteiger partial charge in [-0.25, -0.2) is 4.98 Å². The molecule has 2 fully saturated rings. The van der Waals surface area contributed by atoms with Crippen molar-refractivity contribution in [3.8, 4) is 0 Å². The fraction of sp³-hybridized carbons (Fsp3) is 0.500. The van der Waals surface area contributed by atoms with Crippen molar-refractivity contribution in [3.63, 3.8) is 0 Å². The average molecular weight is 231 g/mol. The number of nitrogens with one attached hydrogen (secondary N) is 2. The molecule has 3 rings (SSSR count). The highest BCUT2D eigenvalue weighted by Gasteiger charge is 2.13. The van der Waals surface area contributed by atoms with Crippen LogP contribution in [0.15, 0.2) is 24.0 Å². The van der Waals surface area contributed by atoms with Crippen LogP contribution >= 0.6 is 0 Å². The van der Waals surface area contributed by atoms with Crippen molar-refractivity contribution < 1.29 is 0 Å². The van der Waals surface area contributed by atoms with E-state index in [4.69, 9.17) is 0 Å². The summed E-state index contributed by atoms with van der Waals surface area (Å²) < 4.78 is 0. The van der Waals surface area contributed by atoms with Crippen LogP contribution in [0.5, 0.6) is 0 Å². The smallest absolute Gasteiger partial charge is 0.228 e. The lowest BCUT2D eigenvalue weighted by Crippen LogP contribution is -2.43. The number of nitrogens with zero attached hydrogens (tertiary/aromatic N) is 3. The molecule has 1 aliphatic heterocycles. The minimum absolute atomic E-state index is 0.695. The van der Waals surface area contributed by atoms with Gasteiger partial charge in [-0.3, -0.25) is 0 Å². The van der Waals surface area contributed by atoms with E-state index < -0.39 is 0 Å². The molecule has 1 saturated heterocycles. The number of hydrogen-bond acceptors (Lipinski definition) is 5. The van der Waals surface area contributed by atoms with Gasteiger partial charge < -0.3 is 15.5 Å². The lowest BCUT2D eigenvalue weighted by molar-refractivity contribution is 0.585. The molecule has 0 amide bonds. The first kappa shape index (κ1) is 10.5. The Bertz CT molecular complexity index is 417. The molecule has 1 aromatic rings. The number of allylic oxidation sites excluding steroid dienone is 1. The standard InChI is InChI=1S/C12H17N5/c1-2-10(1)9-15-12-14-4-3-11(16-12)17-7-5-13-6-8-17/h3-4,9,13H,1-2,5-8H2,(H,14,15,16). The molecule has 1 saturated carbocycles. The summed E-state index contributed by atoms with van der Waals surface area (Å²) in [5.41, 5.74) is 1.45. The van der Waals surface area contributed by atoms with Crippen molar-refractivity contribution in [2.75, 3.05) is 36.4 Å².